The number of hydrogen-bond acceptors (Lipinski definition) is 4. The predicted octanol–water partition coefficient (Wildman–Crippen LogP) is 4.15. The third-order valence-electron chi connectivity index (χ3n) is 6.34. The van der Waals surface area contributed by atoms with E-state index in [4.69, 9.17) is 0 Å². The average Bonchev–Trinajstić information content (AvgIpc) is 2.98. The summed E-state index contributed by atoms with van der Waals surface area (Å²) in [5.41, 5.74) is 3.09. The van der Waals surface area contributed by atoms with Crippen molar-refractivity contribution in [3.8, 4) is 0 Å². The van der Waals surface area contributed by atoms with Crippen LogP contribution in [0, 0.1) is 0 Å². The molecule has 3 heterocycles. The lowest BCUT2D eigenvalue weighted by Crippen LogP contribution is -2.42. The van der Waals surface area contributed by atoms with Crippen molar-refractivity contribution in [1.82, 2.24) is 0 Å². The predicted molar refractivity (Wildman–Crippen MR) is 118 cm³/mol. The molecule has 1 saturated heterocycles. The zero-order valence-corrected chi connectivity index (χ0v) is 17.9. The van der Waals surface area contributed by atoms with Gasteiger partial charge in [-0.2, -0.15) is 8.42 Å². The van der Waals surface area contributed by atoms with E-state index in [0.29, 0.717) is 23.5 Å². The van der Waals surface area contributed by atoms with Gasteiger partial charge in [0.25, 0.3) is 15.9 Å². The first kappa shape index (κ1) is 19.3. The van der Waals surface area contributed by atoms with Crippen LogP contribution in [0.3, 0.4) is 0 Å². The highest BCUT2D eigenvalue weighted by Gasteiger charge is 2.34. The molecule has 2 aromatic rings. The summed E-state index contributed by atoms with van der Waals surface area (Å²) >= 11 is 0. The number of para-hydroxylation sites is 1. The normalized spacial score (nSPS) is 22.3. The Labute approximate surface area is 177 Å². The van der Waals surface area contributed by atoms with E-state index in [1.807, 2.05) is 36.1 Å². The third kappa shape index (κ3) is 3.12. The van der Waals surface area contributed by atoms with Crippen molar-refractivity contribution in [3.05, 3.63) is 53.6 Å². The van der Waals surface area contributed by atoms with Gasteiger partial charge in [0.05, 0.1) is 5.69 Å². The van der Waals surface area contributed by atoms with Crippen LogP contribution in [0.5, 0.6) is 0 Å². The molecule has 0 bridgehead atoms. The Balaban J connectivity index is 1.57. The first-order chi connectivity index (χ1) is 14.5. The first-order valence-electron chi connectivity index (χ1n) is 10.6. The largest absolute Gasteiger partial charge is 0.328 e. The molecule has 2 aromatic carbocycles. The molecule has 156 valence electrons. The van der Waals surface area contributed by atoms with Crippen LogP contribution in [0.1, 0.15) is 54.9 Å². The molecule has 7 heteroatoms. The number of carbonyl (C=O) groups is 1. The first-order valence-corrected chi connectivity index (χ1v) is 12.1. The highest BCUT2D eigenvalue weighted by atomic mass is 32.2. The molecule has 0 unspecified atom stereocenters. The maximum absolute atomic E-state index is 13.5. The van der Waals surface area contributed by atoms with Crippen LogP contribution in [-0.2, 0) is 16.4 Å². The molecular weight excluding hydrogens is 398 g/mol. The van der Waals surface area contributed by atoms with Gasteiger partial charge < -0.3 is 9.80 Å². The standard InChI is InChI=1S/C23H25N3O3S/c1-16-10-11-17-7-4-5-8-19(17)26(16)23(27)18-12-13-20-21(15-18)30(28,29)24-22-9-3-2-6-14-25(20)22/h4-5,7-8,12-13,15-16H,2-3,6,9-11,14H2,1H3/t16-/m0/s1. The monoisotopic (exact) mass is 423 g/mol. The van der Waals surface area contributed by atoms with E-state index in [1.54, 1.807) is 17.0 Å². The molecule has 0 N–H and O–H groups in total. The Morgan fingerprint density at radius 3 is 2.73 bits per heavy atom. The van der Waals surface area contributed by atoms with Gasteiger partial charge in [-0.1, -0.05) is 24.6 Å². The van der Waals surface area contributed by atoms with Gasteiger partial charge in [-0.25, -0.2) is 0 Å². The van der Waals surface area contributed by atoms with E-state index in [2.05, 4.69) is 4.40 Å². The van der Waals surface area contributed by atoms with Crippen molar-refractivity contribution in [3.63, 3.8) is 0 Å². The number of carbonyl (C=O) groups excluding carboxylic acids is 1. The SMILES string of the molecule is C[C@H]1CCc2ccccc2N1C(=O)c1ccc2c(c1)S(=O)(=O)N=C1CCCCCN12. The molecule has 1 fully saturated rings. The number of benzene rings is 2. The fourth-order valence-electron chi connectivity index (χ4n) is 4.75. The summed E-state index contributed by atoms with van der Waals surface area (Å²) in [6.07, 6.45) is 5.50. The average molecular weight is 424 g/mol. The molecule has 3 aliphatic heterocycles. The van der Waals surface area contributed by atoms with Gasteiger partial charge in [-0.05, 0) is 62.4 Å². The quantitative estimate of drug-likeness (QED) is 0.691. The molecule has 6 nitrogen and oxygen atoms in total. The van der Waals surface area contributed by atoms with E-state index >= 15 is 0 Å². The maximum Gasteiger partial charge on any atom is 0.286 e. The van der Waals surface area contributed by atoms with Crippen molar-refractivity contribution in [2.24, 2.45) is 4.40 Å². The van der Waals surface area contributed by atoms with Crippen molar-refractivity contribution in [2.75, 3.05) is 16.3 Å². The number of fused-ring (bicyclic) bond motifs is 4. The van der Waals surface area contributed by atoms with Gasteiger partial charge in [-0.3, -0.25) is 4.79 Å². The summed E-state index contributed by atoms with van der Waals surface area (Å²) in [4.78, 5) is 17.4. The zero-order chi connectivity index (χ0) is 20.9. The molecule has 30 heavy (non-hydrogen) atoms. The summed E-state index contributed by atoms with van der Waals surface area (Å²) in [7, 11) is -3.81. The van der Waals surface area contributed by atoms with Crippen molar-refractivity contribution in [2.45, 2.75) is 56.4 Å². The Kier molecular flexibility index (Phi) is 4.65. The van der Waals surface area contributed by atoms with E-state index in [-0.39, 0.29) is 16.8 Å². The number of sulfonamides is 1. The van der Waals surface area contributed by atoms with E-state index < -0.39 is 10.0 Å². The Bertz CT molecular complexity index is 1160. The van der Waals surface area contributed by atoms with Crippen LogP contribution in [0.2, 0.25) is 0 Å². The van der Waals surface area contributed by atoms with E-state index in [0.717, 1.165) is 49.9 Å². The summed E-state index contributed by atoms with van der Waals surface area (Å²) in [6.45, 7) is 2.79. The number of amides is 1. The number of hydrogen-bond donors (Lipinski definition) is 0. The topological polar surface area (TPSA) is 70.0 Å². The summed E-state index contributed by atoms with van der Waals surface area (Å²) in [5.74, 6) is 0.455. The minimum Gasteiger partial charge on any atom is -0.328 e. The van der Waals surface area contributed by atoms with Crippen molar-refractivity contribution >= 4 is 33.1 Å². The molecule has 0 aromatic heterocycles. The lowest BCUT2D eigenvalue weighted by Gasteiger charge is -2.35. The summed E-state index contributed by atoms with van der Waals surface area (Å²) in [6, 6.07) is 13.0. The van der Waals surface area contributed by atoms with Crippen LogP contribution in [0.4, 0.5) is 11.4 Å². The number of anilines is 2. The minimum absolute atomic E-state index is 0.0512. The number of rotatable bonds is 1. The number of amidine groups is 1. The number of aryl methyl sites for hydroxylation is 1. The van der Waals surface area contributed by atoms with Crippen LogP contribution < -0.4 is 9.80 Å². The van der Waals surface area contributed by atoms with Gasteiger partial charge >= 0.3 is 0 Å². The Morgan fingerprint density at radius 1 is 1.03 bits per heavy atom. The molecule has 0 saturated carbocycles. The van der Waals surface area contributed by atoms with Gasteiger partial charge in [0.1, 0.15) is 10.7 Å². The minimum atomic E-state index is -3.81. The summed E-state index contributed by atoms with van der Waals surface area (Å²) < 4.78 is 29.9. The van der Waals surface area contributed by atoms with Crippen LogP contribution in [0.15, 0.2) is 51.8 Å². The second-order valence-electron chi connectivity index (χ2n) is 8.32. The molecule has 1 amide bonds. The highest BCUT2D eigenvalue weighted by Crippen LogP contribution is 2.37. The van der Waals surface area contributed by atoms with Gasteiger partial charge in [-0.15, -0.1) is 4.40 Å². The second kappa shape index (κ2) is 7.23. The van der Waals surface area contributed by atoms with E-state index in [1.165, 1.54) is 6.07 Å². The smallest absolute Gasteiger partial charge is 0.286 e. The maximum atomic E-state index is 13.5. The lowest BCUT2D eigenvalue weighted by molar-refractivity contribution is 0.0975. The van der Waals surface area contributed by atoms with Crippen molar-refractivity contribution < 1.29 is 13.2 Å². The zero-order valence-electron chi connectivity index (χ0n) is 17.0. The molecular formula is C23H25N3O3S. The lowest BCUT2D eigenvalue weighted by atomic mass is 9.95. The van der Waals surface area contributed by atoms with E-state index in [9.17, 15) is 13.2 Å². The molecule has 1 atom stereocenters. The Hall–Kier alpha value is -2.67. The highest BCUT2D eigenvalue weighted by molar-refractivity contribution is 7.90. The third-order valence-corrected chi connectivity index (χ3v) is 7.67. The molecule has 5 rings (SSSR count). The van der Waals surface area contributed by atoms with Gasteiger partial charge in [0.15, 0.2) is 0 Å². The fourth-order valence-corrected chi connectivity index (χ4v) is 6.03. The molecule has 0 spiro atoms. The van der Waals surface area contributed by atoms with Gasteiger partial charge in [0.2, 0.25) is 0 Å². The van der Waals surface area contributed by atoms with Crippen molar-refractivity contribution in [1.29, 1.82) is 0 Å². The van der Waals surface area contributed by atoms with Gasteiger partial charge in [0, 0.05) is 30.3 Å². The second-order valence-corrected chi connectivity index (χ2v) is 9.89. The molecule has 0 aliphatic carbocycles. The van der Waals surface area contributed by atoms with Crippen LogP contribution in [0.25, 0.3) is 0 Å². The number of nitrogens with zero attached hydrogens (tertiary/aromatic N) is 3. The summed E-state index contributed by atoms with van der Waals surface area (Å²) in [5, 5.41) is 0. The molecule has 3 aliphatic rings. The van der Waals surface area contributed by atoms with Crippen LogP contribution >= 0.6 is 0 Å². The molecule has 0 radical (unpaired) electrons. The Morgan fingerprint density at radius 2 is 1.87 bits per heavy atom. The van der Waals surface area contributed by atoms with Crippen LogP contribution in [-0.4, -0.2) is 32.7 Å². The fraction of sp³-hybridized carbons (Fsp3) is 0.391.